The summed E-state index contributed by atoms with van der Waals surface area (Å²) < 4.78 is 52.8. The Balaban J connectivity index is 1.37. The van der Waals surface area contributed by atoms with Gasteiger partial charge in [0.05, 0.1) is 18.8 Å². The van der Waals surface area contributed by atoms with Crippen molar-refractivity contribution in [3.05, 3.63) is 88.7 Å². The van der Waals surface area contributed by atoms with Gasteiger partial charge in [-0.2, -0.15) is 0 Å². The van der Waals surface area contributed by atoms with Crippen molar-refractivity contribution in [2.24, 2.45) is 0 Å². The van der Waals surface area contributed by atoms with Crippen LogP contribution < -0.4 is 4.74 Å². The molecule has 0 aliphatic carbocycles. The number of aryl methyl sites for hydroxylation is 1. The van der Waals surface area contributed by atoms with Crippen LogP contribution >= 0.6 is 0 Å². The highest BCUT2D eigenvalue weighted by Gasteiger charge is 2.31. The molecule has 0 spiro atoms. The lowest BCUT2D eigenvalue weighted by molar-refractivity contribution is -0.133. The van der Waals surface area contributed by atoms with Crippen LogP contribution in [0.15, 0.2) is 60.7 Å². The number of carbonyl (C=O) groups is 1. The van der Waals surface area contributed by atoms with Gasteiger partial charge in [-0.25, -0.2) is 13.2 Å². The predicted octanol–water partition coefficient (Wildman–Crippen LogP) is 7.21. The van der Waals surface area contributed by atoms with Crippen LogP contribution in [0.1, 0.15) is 54.4 Å². The van der Waals surface area contributed by atoms with Gasteiger partial charge in [0.15, 0.2) is 5.78 Å². The van der Waals surface area contributed by atoms with Crippen LogP contribution in [0, 0.1) is 12.7 Å². The second-order valence-electron chi connectivity index (χ2n) is 8.92. The quantitative estimate of drug-likeness (QED) is 0.340. The molecule has 1 fully saturated rings. The van der Waals surface area contributed by atoms with Gasteiger partial charge in [0, 0.05) is 12.3 Å². The fourth-order valence-electron chi connectivity index (χ4n) is 4.52. The maximum atomic E-state index is 14.9. The van der Waals surface area contributed by atoms with E-state index < -0.39 is 23.9 Å². The predicted molar refractivity (Wildman–Crippen MR) is 130 cm³/mol. The monoisotopic (exact) mass is 482 g/mol. The van der Waals surface area contributed by atoms with Gasteiger partial charge in [-0.1, -0.05) is 60.2 Å². The van der Waals surface area contributed by atoms with E-state index in [4.69, 9.17) is 9.47 Å². The first kappa shape index (κ1) is 25.0. The Bertz CT molecular complexity index is 1150. The highest BCUT2D eigenvalue weighted by Crippen LogP contribution is 2.38. The van der Waals surface area contributed by atoms with Gasteiger partial charge in [-0.3, -0.25) is 4.79 Å². The van der Waals surface area contributed by atoms with Gasteiger partial charge in [0.1, 0.15) is 17.7 Å². The van der Waals surface area contributed by atoms with Crippen molar-refractivity contribution in [1.82, 2.24) is 0 Å². The SMILES string of the molecule is CCOc1ccc(C2CCC(C(=O)Cc3ccc(-c4ccc(C)cc4)cc3)OC2)c(F)c1C(F)F. The van der Waals surface area contributed by atoms with Crippen molar-refractivity contribution in [3.63, 3.8) is 0 Å². The Morgan fingerprint density at radius 3 is 2.23 bits per heavy atom. The summed E-state index contributed by atoms with van der Waals surface area (Å²) in [4.78, 5) is 12.8. The Morgan fingerprint density at radius 1 is 1.00 bits per heavy atom. The zero-order valence-electron chi connectivity index (χ0n) is 19.9. The second kappa shape index (κ2) is 11.1. The van der Waals surface area contributed by atoms with Crippen LogP contribution in [0.25, 0.3) is 11.1 Å². The van der Waals surface area contributed by atoms with Gasteiger partial charge in [0.2, 0.25) is 0 Å². The lowest BCUT2D eigenvalue weighted by atomic mass is 9.88. The minimum Gasteiger partial charge on any atom is -0.493 e. The third-order valence-corrected chi connectivity index (χ3v) is 6.48. The molecule has 184 valence electrons. The van der Waals surface area contributed by atoms with E-state index in [0.717, 1.165) is 16.7 Å². The number of hydrogen-bond acceptors (Lipinski definition) is 3. The molecule has 3 aromatic rings. The van der Waals surface area contributed by atoms with E-state index >= 15 is 0 Å². The molecular formula is C29H29F3O3. The van der Waals surface area contributed by atoms with Crippen LogP contribution in [0.3, 0.4) is 0 Å². The summed E-state index contributed by atoms with van der Waals surface area (Å²) in [5, 5.41) is 0. The van der Waals surface area contributed by atoms with E-state index in [1.165, 1.54) is 17.7 Å². The number of carbonyl (C=O) groups excluding carboxylic acids is 1. The average Bonchev–Trinajstić information content (AvgIpc) is 2.85. The normalized spacial score (nSPS) is 18.0. The molecular weight excluding hydrogens is 453 g/mol. The zero-order valence-corrected chi connectivity index (χ0v) is 19.9. The Kier molecular flexibility index (Phi) is 7.91. The Labute approximate surface area is 203 Å². The van der Waals surface area contributed by atoms with Crippen molar-refractivity contribution in [3.8, 4) is 16.9 Å². The maximum absolute atomic E-state index is 14.9. The van der Waals surface area contributed by atoms with Crippen molar-refractivity contribution in [1.29, 1.82) is 0 Å². The maximum Gasteiger partial charge on any atom is 0.270 e. The van der Waals surface area contributed by atoms with Gasteiger partial charge in [0.25, 0.3) is 6.43 Å². The lowest BCUT2D eigenvalue weighted by Gasteiger charge is -2.29. The van der Waals surface area contributed by atoms with E-state index in [9.17, 15) is 18.0 Å². The van der Waals surface area contributed by atoms with Crippen LogP contribution in [-0.2, 0) is 16.0 Å². The van der Waals surface area contributed by atoms with E-state index in [1.54, 1.807) is 6.92 Å². The minimum absolute atomic E-state index is 0.0352. The molecule has 0 radical (unpaired) electrons. The summed E-state index contributed by atoms with van der Waals surface area (Å²) in [7, 11) is 0. The number of hydrogen-bond donors (Lipinski definition) is 0. The van der Waals surface area contributed by atoms with E-state index in [2.05, 4.69) is 24.3 Å². The number of ether oxygens (including phenoxy) is 2. The highest BCUT2D eigenvalue weighted by atomic mass is 19.3. The van der Waals surface area contributed by atoms with Crippen molar-refractivity contribution in [2.75, 3.05) is 13.2 Å². The standard InChI is InChI=1S/C29H29F3O3/c1-3-34-26-15-13-23(28(30)27(26)29(31)32)22-12-14-25(35-17-22)24(33)16-19-6-10-21(11-7-19)20-8-4-18(2)5-9-20/h4-11,13,15,22,25,29H,3,12,14,16-17H2,1-2H3. The van der Waals surface area contributed by atoms with Crippen molar-refractivity contribution in [2.45, 2.75) is 51.6 Å². The molecule has 1 aliphatic heterocycles. The van der Waals surface area contributed by atoms with Gasteiger partial charge in [-0.15, -0.1) is 0 Å². The topological polar surface area (TPSA) is 35.5 Å². The number of ketones is 1. The third-order valence-electron chi connectivity index (χ3n) is 6.48. The average molecular weight is 483 g/mol. The number of halogens is 3. The Morgan fingerprint density at radius 2 is 1.66 bits per heavy atom. The first-order chi connectivity index (χ1) is 16.9. The zero-order chi connectivity index (χ0) is 24.9. The molecule has 4 rings (SSSR count). The van der Waals surface area contributed by atoms with Crippen molar-refractivity contribution < 1.29 is 27.4 Å². The van der Waals surface area contributed by atoms with Crippen LogP contribution in [0.2, 0.25) is 0 Å². The fraction of sp³-hybridized carbons (Fsp3) is 0.345. The molecule has 0 N–H and O–H groups in total. The smallest absolute Gasteiger partial charge is 0.270 e. The first-order valence-electron chi connectivity index (χ1n) is 11.9. The third kappa shape index (κ3) is 5.76. The molecule has 2 unspecified atom stereocenters. The molecule has 3 nitrogen and oxygen atoms in total. The number of rotatable bonds is 8. The Hall–Kier alpha value is -3.12. The largest absolute Gasteiger partial charge is 0.493 e. The van der Waals surface area contributed by atoms with Crippen molar-refractivity contribution >= 4 is 5.78 Å². The first-order valence-corrected chi connectivity index (χ1v) is 11.9. The van der Waals surface area contributed by atoms with Crippen LogP contribution in [-0.4, -0.2) is 25.1 Å². The number of benzene rings is 3. The summed E-state index contributed by atoms with van der Waals surface area (Å²) >= 11 is 0. The highest BCUT2D eigenvalue weighted by molar-refractivity contribution is 5.85. The van der Waals surface area contributed by atoms with Gasteiger partial charge < -0.3 is 9.47 Å². The van der Waals surface area contributed by atoms with Crippen LogP contribution in [0.4, 0.5) is 13.2 Å². The molecule has 1 heterocycles. The fourth-order valence-corrected chi connectivity index (χ4v) is 4.52. The van der Waals surface area contributed by atoms with Crippen LogP contribution in [0.5, 0.6) is 5.75 Å². The summed E-state index contributed by atoms with van der Waals surface area (Å²) in [5.74, 6) is -1.51. The van der Waals surface area contributed by atoms with Gasteiger partial charge >= 0.3 is 0 Å². The lowest BCUT2D eigenvalue weighted by Crippen LogP contribution is -2.33. The summed E-state index contributed by atoms with van der Waals surface area (Å²) in [5.41, 5.74) is 3.77. The molecule has 2 atom stereocenters. The molecule has 0 aromatic heterocycles. The number of Topliss-reactive ketones (excluding diaryl/α,β-unsaturated/α-hetero) is 1. The summed E-state index contributed by atoms with van der Waals surface area (Å²) in [6.07, 6.45) is -2.41. The number of alkyl halides is 2. The molecule has 0 bridgehead atoms. The van der Waals surface area contributed by atoms with E-state index in [-0.39, 0.29) is 42.6 Å². The summed E-state index contributed by atoms with van der Waals surface area (Å²) in [6.45, 7) is 3.98. The molecule has 1 saturated heterocycles. The van der Waals surface area contributed by atoms with Gasteiger partial charge in [-0.05, 0) is 55.0 Å². The minimum atomic E-state index is -2.98. The molecule has 0 amide bonds. The molecule has 0 saturated carbocycles. The van der Waals surface area contributed by atoms with E-state index in [1.807, 2.05) is 31.2 Å². The summed E-state index contributed by atoms with van der Waals surface area (Å²) in [6, 6.07) is 19.0. The molecule has 6 heteroatoms. The second-order valence-corrected chi connectivity index (χ2v) is 8.92. The molecule has 3 aromatic carbocycles. The molecule has 35 heavy (non-hydrogen) atoms. The molecule has 1 aliphatic rings. The van der Waals surface area contributed by atoms with E-state index in [0.29, 0.717) is 12.8 Å².